The molecule has 0 radical (unpaired) electrons. The number of halogens is 1. The van der Waals surface area contributed by atoms with Gasteiger partial charge in [0.2, 0.25) is 0 Å². The molecule has 0 spiro atoms. The van der Waals surface area contributed by atoms with Gasteiger partial charge in [-0.25, -0.2) is 9.37 Å². The number of likely N-dealkylation sites (tertiary alicyclic amines) is 1. The van der Waals surface area contributed by atoms with Crippen molar-refractivity contribution in [1.82, 2.24) is 14.9 Å². The van der Waals surface area contributed by atoms with Crippen molar-refractivity contribution in [2.75, 3.05) is 6.54 Å². The summed E-state index contributed by atoms with van der Waals surface area (Å²) in [7, 11) is 0. The molecule has 1 amide bonds. The number of benzene rings is 2. The topological polar surface area (TPSA) is 49.0 Å². The van der Waals surface area contributed by atoms with Gasteiger partial charge in [0, 0.05) is 23.6 Å². The third kappa shape index (κ3) is 2.22. The first kappa shape index (κ1) is 17.4. The van der Waals surface area contributed by atoms with E-state index in [1.54, 1.807) is 18.5 Å². The molecule has 2 heterocycles. The summed E-state index contributed by atoms with van der Waals surface area (Å²) in [5, 5.41) is 0. The highest BCUT2D eigenvalue weighted by molar-refractivity contribution is 5.97. The van der Waals surface area contributed by atoms with E-state index in [1.165, 1.54) is 5.56 Å². The molecule has 1 aliphatic carbocycles. The number of hydrogen-bond acceptors (Lipinski definition) is 2. The SMILES string of the molecule is CC12CCN(C(=O)c3ccc4nc[nH]c4c3)C(Cc3cc(F)ccc31)C2(C)C. The van der Waals surface area contributed by atoms with E-state index >= 15 is 0 Å². The van der Waals surface area contributed by atoms with Crippen molar-refractivity contribution < 1.29 is 9.18 Å². The van der Waals surface area contributed by atoms with Gasteiger partial charge >= 0.3 is 0 Å². The number of hydrogen-bond donors (Lipinski definition) is 1. The van der Waals surface area contributed by atoms with E-state index in [0.29, 0.717) is 18.5 Å². The van der Waals surface area contributed by atoms with Crippen LogP contribution in [-0.2, 0) is 11.8 Å². The molecule has 2 atom stereocenters. The monoisotopic (exact) mass is 377 g/mol. The van der Waals surface area contributed by atoms with E-state index in [2.05, 4.69) is 30.7 Å². The molecule has 1 aromatic heterocycles. The summed E-state index contributed by atoms with van der Waals surface area (Å²) >= 11 is 0. The minimum Gasteiger partial charge on any atom is -0.345 e. The Morgan fingerprint density at radius 1 is 1.21 bits per heavy atom. The molecular weight excluding hydrogens is 353 g/mol. The van der Waals surface area contributed by atoms with Gasteiger partial charge in [0.1, 0.15) is 5.82 Å². The molecule has 5 heteroatoms. The van der Waals surface area contributed by atoms with Crippen LogP contribution >= 0.6 is 0 Å². The zero-order chi connectivity index (χ0) is 19.7. The van der Waals surface area contributed by atoms with Crippen molar-refractivity contribution >= 4 is 16.9 Å². The summed E-state index contributed by atoms with van der Waals surface area (Å²) < 4.78 is 13.9. The number of piperidine rings is 1. The van der Waals surface area contributed by atoms with Crippen LogP contribution in [0.3, 0.4) is 0 Å². The number of aromatic amines is 1. The molecule has 1 aliphatic heterocycles. The first-order valence-electron chi connectivity index (χ1n) is 9.84. The minimum atomic E-state index is -0.206. The zero-order valence-corrected chi connectivity index (χ0v) is 16.4. The van der Waals surface area contributed by atoms with Crippen LogP contribution in [0.15, 0.2) is 42.7 Å². The number of carbonyl (C=O) groups is 1. The normalized spacial score (nSPS) is 25.6. The number of nitrogens with one attached hydrogen (secondary N) is 1. The maximum absolute atomic E-state index is 13.9. The van der Waals surface area contributed by atoms with Gasteiger partial charge in [0.25, 0.3) is 5.91 Å². The third-order valence-electron chi connectivity index (χ3n) is 7.49. The molecule has 0 saturated carbocycles. The first-order valence-corrected chi connectivity index (χ1v) is 9.84. The van der Waals surface area contributed by atoms with E-state index in [4.69, 9.17) is 0 Å². The summed E-state index contributed by atoms with van der Waals surface area (Å²) in [6.45, 7) is 7.48. The second-order valence-corrected chi connectivity index (χ2v) is 8.96. The van der Waals surface area contributed by atoms with Crippen LogP contribution < -0.4 is 0 Å². The molecule has 5 rings (SSSR count). The van der Waals surface area contributed by atoms with E-state index in [0.717, 1.165) is 23.0 Å². The number of fused-ring (bicyclic) bond motifs is 5. The fourth-order valence-corrected chi connectivity index (χ4v) is 5.38. The Labute approximate surface area is 163 Å². The van der Waals surface area contributed by atoms with Crippen LogP contribution in [0.1, 0.15) is 48.7 Å². The lowest BCUT2D eigenvalue weighted by atomic mass is 9.51. The Morgan fingerprint density at radius 2 is 2.04 bits per heavy atom. The van der Waals surface area contributed by atoms with Gasteiger partial charge in [-0.15, -0.1) is 0 Å². The largest absolute Gasteiger partial charge is 0.345 e. The van der Waals surface area contributed by atoms with Crippen molar-refractivity contribution in [3.05, 3.63) is 65.2 Å². The van der Waals surface area contributed by atoms with E-state index in [1.807, 2.05) is 29.2 Å². The minimum absolute atomic E-state index is 0.0329. The second kappa shape index (κ2) is 5.66. The molecular formula is C23H24FN3O. The highest BCUT2D eigenvalue weighted by Gasteiger charge is 2.56. The van der Waals surface area contributed by atoms with Crippen molar-refractivity contribution in [2.45, 2.75) is 45.1 Å². The number of aromatic nitrogens is 2. The molecule has 1 saturated heterocycles. The summed E-state index contributed by atoms with van der Waals surface area (Å²) in [6.07, 6.45) is 3.20. The smallest absolute Gasteiger partial charge is 0.254 e. The van der Waals surface area contributed by atoms with Gasteiger partial charge in [0.15, 0.2) is 0 Å². The molecule has 2 unspecified atom stereocenters. The van der Waals surface area contributed by atoms with Crippen LogP contribution in [0, 0.1) is 11.2 Å². The van der Waals surface area contributed by atoms with Crippen molar-refractivity contribution in [3.8, 4) is 0 Å². The fraction of sp³-hybridized carbons (Fsp3) is 0.391. The summed E-state index contributed by atoms with van der Waals surface area (Å²) in [6, 6.07) is 10.8. The highest BCUT2D eigenvalue weighted by Crippen LogP contribution is 2.56. The lowest BCUT2D eigenvalue weighted by molar-refractivity contribution is -0.0262. The molecule has 1 fully saturated rings. The molecule has 2 bridgehead atoms. The highest BCUT2D eigenvalue weighted by atomic mass is 19.1. The van der Waals surface area contributed by atoms with Crippen LogP contribution in [-0.4, -0.2) is 33.4 Å². The zero-order valence-electron chi connectivity index (χ0n) is 16.4. The maximum atomic E-state index is 13.9. The van der Waals surface area contributed by atoms with E-state index in [9.17, 15) is 9.18 Å². The van der Waals surface area contributed by atoms with Crippen molar-refractivity contribution in [1.29, 1.82) is 0 Å². The average Bonchev–Trinajstić information content (AvgIpc) is 3.12. The first-order chi connectivity index (χ1) is 13.3. The van der Waals surface area contributed by atoms with Gasteiger partial charge in [0.05, 0.1) is 17.4 Å². The molecule has 1 N–H and O–H groups in total. The number of H-pyrrole nitrogens is 1. The van der Waals surface area contributed by atoms with Gasteiger partial charge < -0.3 is 9.88 Å². The number of rotatable bonds is 1. The predicted octanol–water partition coefficient (Wildman–Crippen LogP) is 4.46. The molecule has 4 nitrogen and oxygen atoms in total. The van der Waals surface area contributed by atoms with Crippen LogP contribution in [0.4, 0.5) is 4.39 Å². The number of amides is 1. The fourth-order valence-electron chi connectivity index (χ4n) is 5.38. The van der Waals surface area contributed by atoms with Crippen LogP contribution in [0.2, 0.25) is 0 Å². The average molecular weight is 377 g/mol. The Kier molecular flexibility index (Phi) is 3.52. The van der Waals surface area contributed by atoms with Gasteiger partial charge in [-0.1, -0.05) is 26.8 Å². The molecule has 28 heavy (non-hydrogen) atoms. The van der Waals surface area contributed by atoms with Gasteiger partial charge in [-0.2, -0.15) is 0 Å². The van der Waals surface area contributed by atoms with E-state index in [-0.39, 0.29) is 28.6 Å². The summed E-state index contributed by atoms with van der Waals surface area (Å²) in [5.41, 5.74) is 4.47. The lowest BCUT2D eigenvalue weighted by Crippen LogP contribution is -2.64. The molecule has 2 aromatic carbocycles. The number of carbonyl (C=O) groups excluding carboxylic acids is 1. The van der Waals surface area contributed by atoms with Gasteiger partial charge in [-0.3, -0.25) is 4.79 Å². The van der Waals surface area contributed by atoms with Crippen LogP contribution in [0.5, 0.6) is 0 Å². The quantitative estimate of drug-likeness (QED) is 0.681. The Bertz CT molecular complexity index is 1100. The Balaban J connectivity index is 1.57. The predicted molar refractivity (Wildman–Crippen MR) is 107 cm³/mol. The lowest BCUT2D eigenvalue weighted by Gasteiger charge is -2.60. The van der Waals surface area contributed by atoms with Crippen molar-refractivity contribution in [3.63, 3.8) is 0 Å². The summed E-state index contributed by atoms with van der Waals surface area (Å²) in [4.78, 5) is 22.8. The van der Waals surface area contributed by atoms with E-state index < -0.39 is 0 Å². The second-order valence-electron chi connectivity index (χ2n) is 8.96. The van der Waals surface area contributed by atoms with Crippen molar-refractivity contribution in [2.24, 2.45) is 5.41 Å². The number of imidazole rings is 1. The third-order valence-corrected chi connectivity index (χ3v) is 7.49. The Morgan fingerprint density at radius 3 is 2.86 bits per heavy atom. The van der Waals surface area contributed by atoms with Crippen LogP contribution in [0.25, 0.3) is 11.0 Å². The standard InChI is InChI=1S/C23H24FN3O/c1-22(2)20-12-15-10-16(24)5-6-17(15)23(22,3)8-9-27(20)21(28)14-4-7-18-19(11-14)26-13-25-18/h4-7,10-11,13,20H,8-9,12H2,1-3H3,(H,25,26). The maximum Gasteiger partial charge on any atom is 0.254 e. The molecule has 144 valence electrons. The summed E-state index contributed by atoms with van der Waals surface area (Å²) in [5.74, 6) is -0.167. The molecule has 2 aliphatic rings. The number of nitrogens with zero attached hydrogens (tertiary/aromatic N) is 2. The van der Waals surface area contributed by atoms with Gasteiger partial charge in [-0.05, 0) is 59.7 Å². The Hall–Kier alpha value is -2.69. The molecule has 3 aromatic rings.